The molecule has 1 aliphatic carbocycles. The summed E-state index contributed by atoms with van der Waals surface area (Å²) in [5.74, 6) is -0.194. The zero-order chi connectivity index (χ0) is 27.4. The van der Waals surface area contributed by atoms with Crippen molar-refractivity contribution in [2.45, 2.75) is 51.2 Å². The van der Waals surface area contributed by atoms with Crippen LogP contribution in [0.5, 0.6) is 5.75 Å². The van der Waals surface area contributed by atoms with Gasteiger partial charge in [-0.05, 0) is 75.1 Å². The number of benzene rings is 1. The van der Waals surface area contributed by atoms with Gasteiger partial charge in [0.15, 0.2) is 0 Å². The first-order valence-electron chi connectivity index (χ1n) is 12.7. The van der Waals surface area contributed by atoms with Crippen LogP contribution < -0.4 is 10.5 Å². The first kappa shape index (κ1) is 25.8. The van der Waals surface area contributed by atoms with E-state index in [0.717, 1.165) is 39.4 Å². The number of carbonyl (C=O) groups is 2. The summed E-state index contributed by atoms with van der Waals surface area (Å²) in [6, 6.07) is 9.75. The summed E-state index contributed by atoms with van der Waals surface area (Å²) in [4.78, 5) is 31.2. The fourth-order valence-electron chi connectivity index (χ4n) is 5.54. The fraction of sp³-hybridized carbons (Fsp3) is 0.414. The third kappa shape index (κ3) is 4.62. The van der Waals surface area contributed by atoms with Gasteiger partial charge in [0, 0.05) is 49.6 Å². The average Bonchev–Trinajstić information content (AvgIpc) is 3.12. The highest BCUT2D eigenvalue weighted by molar-refractivity contribution is 5.95. The van der Waals surface area contributed by atoms with Crippen molar-refractivity contribution in [3.05, 3.63) is 58.9 Å². The molecule has 3 N–H and O–H groups in total. The molecule has 1 aromatic carbocycles. The zero-order valence-corrected chi connectivity index (χ0v) is 22.5. The Labute approximate surface area is 222 Å². The van der Waals surface area contributed by atoms with Crippen molar-refractivity contribution in [3.8, 4) is 28.3 Å². The largest absolute Gasteiger partial charge is 0.497 e. The molecule has 0 bridgehead atoms. The van der Waals surface area contributed by atoms with Gasteiger partial charge in [-0.25, -0.2) is 9.59 Å². The number of likely N-dealkylation sites (tertiary alicyclic amines) is 1. The maximum absolute atomic E-state index is 12.5. The predicted octanol–water partition coefficient (Wildman–Crippen LogP) is 4.05. The number of hydrogen-bond donors (Lipinski definition) is 2. The Morgan fingerprint density at radius 2 is 1.84 bits per heavy atom. The number of carboxylic acids is 1. The standard InChI is InChI=1S/C29H34N4O5/c1-28(2,3)38-27(36)33-15-29(30,16-33)13-23-24(26(34)35)20-11-8-18-14-31-22(12-21(18)25(20)32(23)4)17-6-9-19(37-5)10-7-17/h6-7,9-10,12,14H,8,11,13,15-16,30H2,1-5H3,(H,34,35). The molecule has 0 saturated carbocycles. The number of fused-ring (bicyclic) bond motifs is 3. The Kier molecular flexibility index (Phi) is 6.22. The van der Waals surface area contributed by atoms with Crippen LogP contribution in [0.2, 0.25) is 0 Å². The van der Waals surface area contributed by atoms with Crippen LogP contribution in [0.1, 0.15) is 48.0 Å². The van der Waals surface area contributed by atoms with E-state index in [0.29, 0.717) is 43.6 Å². The van der Waals surface area contributed by atoms with Crippen molar-refractivity contribution in [2.75, 3.05) is 20.2 Å². The summed E-state index contributed by atoms with van der Waals surface area (Å²) < 4.78 is 12.7. The molecule has 0 atom stereocenters. The minimum atomic E-state index is -0.961. The lowest BCUT2D eigenvalue weighted by molar-refractivity contribution is -0.00824. The quantitative estimate of drug-likeness (QED) is 0.523. The molecule has 9 nitrogen and oxygen atoms in total. The lowest BCUT2D eigenvalue weighted by Gasteiger charge is -2.47. The number of nitrogens with two attached hydrogens (primary N) is 1. The molecule has 200 valence electrons. The molecular weight excluding hydrogens is 484 g/mol. The molecule has 38 heavy (non-hydrogen) atoms. The molecule has 3 heterocycles. The first-order chi connectivity index (χ1) is 17.9. The number of ether oxygens (including phenoxy) is 2. The van der Waals surface area contributed by atoms with Gasteiger partial charge >= 0.3 is 12.1 Å². The monoisotopic (exact) mass is 518 g/mol. The summed E-state index contributed by atoms with van der Waals surface area (Å²) in [5, 5.41) is 10.3. The van der Waals surface area contributed by atoms with Crippen LogP contribution in [0.4, 0.5) is 4.79 Å². The molecule has 1 aliphatic heterocycles. The van der Waals surface area contributed by atoms with Crippen LogP contribution >= 0.6 is 0 Å². The van der Waals surface area contributed by atoms with Gasteiger partial charge in [0.25, 0.3) is 0 Å². The Morgan fingerprint density at radius 3 is 2.45 bits per heavy atom. The minimum Gasteiger partial charge on any atom is -0.497 e. The van der Waals surface area contributed by atoms with Gasteiger partial charge in [0.1, 0.15) is 11.4 Å². The second kappa shape index (κ2) is 9.16. The van der Waals surface area contributed by atoms with E-state index >= 15 is 0 Å². The van der Waals surface area contributed by atoms with Gasteiger partial charge in [-0.1, -0.05) is 0 Å². The molecule has 9 heteroatoms. The van der Waals surface area contributed by atoms with Gasteiger partial charge in [-0.15, -0.1) is 0 Å². The lowest BCUT2D eigenvalue weighted by Crippen LogP contribution is -2.70. The van der Waals surface area contributed by atoms with E-state index in [1.807, 2.05) is 68.9 Å². The summed E-state index contributed by atoms with van der Waals surface area (Å²) in [6.07, 6.45) is 3.14. The lowest BCUT2D eigenvalue weighted by atomic mass is 9.84. The van der Waals surface area contributed by atoms with E-state index in [2.05, 4.69) is 4.98 Å². The molecule has 1 amide bonds. The molecule has 0 spiro atoms. The zero-order valence-electron chi connectivity index (χ0n) is 22.5. The van der Waals surface area contributed by atoms with Gasteiger partial charge in [-0.3, -0.25) is 4.98 Å². The minimum absolute atomic E-state index is 0.305. The van der Waals surface area contributed by atoms with E-state index in [1.165, 1.54) is 0 Å². The van der Waals surface area contributed by atoms with Crippen molar-refractivity contribution in [2.24, 2.45) is 12.8 Å². The Morgan fingerprint density at radius 1 is 1.16 bits per heavy atom. The van der Waals surface area contributed by atoms with Crippen LogP contribution in [0, 0.1) is 0 Å². The average molecular weight is 519 g/mol. The second-order valence-corrected chi connectivity index (χ2v) is 11.3. The second-order valence-electron chi connectivity index (χ2n) is 11.3. The van der Waals surface area contributed by atoms with Crippen molar-refractivity contribution >= 4 is 12.1 Å². The highest BCUT2D eigenvalue weighted by atomic mass is 16.6. The Bertz CT molecular complexity index is 1410. The third-order valence-electron chi connectivity index (χ3n) is 7.28. The van der Waals surface area contributed by atoms with Gasteiger partial charge in [0.2, 0.25) is 0 Å². The number of nitrogens with zero attached hydrogens (tertiary/aromatic N) is 3. The van der Waals surface area contributed by atoms with Crippen LogP contribution in [0.3, 0.4) is 0 Å². The maximum atomic E-state index is 12.5. The van der Waals surface area contributed by atoms with Crippen molar-refractivity contribution in [3.63, 3.8) is 0 Å². The molecule has 2 aliphatic rings. The van der Waals surface area contributed by atoms with Crippen LogP contribution in [-0.4, -0.2) is 63.0 Å². The number of carbonyl (C=O) groups excluding carboxylic acids is 1. The number of aromatic nitrogens is 2. The number of carboxylic acid groups (broad SMARTS) is 1. The Hall–Kier alpha value is -3.85. The smallest absolute Gasteiger partial charge is 0.410 e. The normalized spacial score (nSPS) is 15.8. The van der Waals surface area contributed by atoms with E-state index in [9.17, 15) is 14.7 Å². The highest BCUT2D eigenvalue weighted by Crippen LogP contribution is 2.41. The van der Waals surface area contributed by atoms with E-state index in [-0.39, 0.29) is 0 Å². The fourth-order valence-corrected chi connectivity index (χ4v) is 5.54. The number of methoxy groups -OCH3 is 1. The number of aromatic carboxylic acids is 1. The number of pyridine rings is 1. The molecule has 2 aromatic heterocycles. The van der Waals surface area contributed by atoms with Crippen molar-refractivity contribution in [1.29, 1.82) is 0 Å². The molecule has 5 rings (SSSR count). The highest BCUT2D eigenvalue weighted by Gasteiger charge is 2.45. The number of hydrogen-bond acceptors (Lipinski definition) is 6. The molecular formula is C29H34N4O5. The number of rotatable bonds is 5. The van der Waals surface area contributed by atoms with Gasteiger partial charge in [-0.2, -0.15) is 0 Å². The topological polar surface area (TPSA) is 120 Å². The van der Waals surface area contributed by atoms with Crippen molar-refractivity contribution in [1.82, 2.24) is 14.5 Å². The molecule has 3 aromatic rings. The molecule has 1 fully saturated rings. The van der Waals surface area contributed by atoms with Crippen LogP contribution in [0.25, 0.3) is 22.5 Å². The van der Waals surface area contributed by atoms with Crippen molar-refractivity contribution < 1.29 is 24.2 Å². The maximum Gasteiger partial charge on any atom is 0.410 e. The van der Waals surface area contributed by atoms with E-state index in [4.69, 9.17) is 15.2 Å². The summed E-state index contributed by atoms with van der Waals surface area (Å²) >= 11 is 0. The van der Waals surface area contributed by atoms with Crippen LogP contribution in [0.15, 0.2) is 36.5 Å². The molecule has 0 radical (unpaired) electrons. The third-order valence-corrected chi connectivity index (χ3v) is 7.28. The summed E-state index contributed by atoms with van der Waals surface area (Å²) in [7, 11) is 3.53. The van der Waals surface area contributed by atoms with Gasteiger partial charge < -0.3 is 29.8 Å². The predicted molar refractivity (Wildman–Crippen MR) is 143 cm³/mol. The first-order valence-corrected chi connectivity index (χ1v) is 12.7. The SMILES string of the molecule is COc1ccc(-c2cc3c(cn2)CCc2c(C(=O)O)c(CC4(N)CN(C(=O)OC(C)(C)C)C4)n(C)c2-3)cc1. The number of aryl methyl sites for hydroxylation is 1. The van der Waals surface area contributed by atoms with Gasteiger partial charge in [0.05, 0.1) is 29.6 Å². The van der Waals surface area contributed by atoms with Crippen LogP contribution in [-0.2, 0) is 31.0 Å². The summed E-state index contributed by atoms with van der Waals surface area (Å²) in [5.41, 5.74) is 11.9. The van der Waals surface area contributed by atoms with E-state index in [1.54, 1.807) is 12.0 Å². The van der Waals surface area contributed by atoms with E-state index < -0.39 is 23.2 Å². The Balaban J connectivity index is 1.48. The summed E-state index contributed by atoms with van der Waals surface area (Å²) in [6.45, 7) is 6.07. The number of amides is 1. The molecule has 0 unspecified atom stereocenters. The molecule has 1 saturated heterocycles.